The average molecular weight is 547 g/mol. The van der Waals surface area contributed by atoms with Crippen LogP contribution in [0.2, 0.25) is 0 Å². The topological polar surface area (TPSA) is 142 Å². The molecule has 1 aliphatic heterocycles. The fourth-order valence-corrected chi connectivity index (χ4v) is 4.95. The number of nitrogens with one attached hydrogen (secondary N) is 1. The molecule has 204 valence electrons. The van der Waals surface area contributed by atoms with Gasteiger partial charge in [0.15, 0.2) is 0 Å². The van der Waals surface area contributed by atoms with Gasteiger partial charge in [-0.2, -0.15) is 0 Å². The lowest BCUT2D eigenvalue weighted by Crippen LogP contribution is -2.50. The van der Waals surface area contributed by atoms with Crippen molar-refractivity contribution in [3.05, 3.63) is 53.0 Å². The largest absolute Gasteiger partial charge is 0.760 e. The van der Waals surface area contributed by atoms with E-state index in [1.165, 1.54) is 40.5 Å². The van der Waals surface area contributed by atoms with E-state index in [4.69, 9.17) is 9.52 Å². The minimum absolute atomic E-state index is 0.00616. The van der Waals surface area contributed by atoms with E-state index in [0.29, 0.717) is 55.8 Å². The molecular weight excluding hydrogens is 517 g/mol. The number of benzene rings is 1. The molecule has 38 heavy (non-hydrogen) atoms. The van der Waals surface area contributed by atoms with Gasteiger partial charge in [0.25, 0.3) is 5.91 Å². The number of piperazine rings is 1. The Morgan fingerprint density at radius 2 is 1.92 bits per heavy atom. The van der Waals surface area contributed by atoms with Gasteiger partial charge in [0, 0.05) is 63.1 Å². The van der Waals surface area contributed by atoms with Crippen LogP contribution in [-0.4, -0.2) is 91.3 Å². The fourth-order valence-electron chi connectivity index (χ4n) is 4.49. The number of halogens is 1. The Morgan fingerprint density at radius 3 is 2.50 bits per heavy atom. The average Bonchev–Trinajstić information content (AvgIpc) is 3.28. The minimum atomic E-state index is -2.52. The molecule has 0 aliphatic carbocycles. The van der Waals surface area contributed by atoms with Crippen LogP contribution in [0.1, 0.15) is 28.5 Å². The summed E-state index contributed by atoms with van der Waals surface area (Å²) >= 11 is -2.52. The van der Waals surface area contributed by atoms with Gasteiger partial charge in [-0.15, -0.1) is 0 Å². The molecule has 3 aromatic rings. The monoisotopic (exact) mass is 546 g/mol. The molecule has 11 nitrogen and oxygen atoms in total. The van der Waals surface area contributed by atoms with Crippen molar-refractivity contribution in [1.82, 2.24) is 24.4 Å². The third-order valence-corrected chi connectivity index (χ3v) is 7.37. The zero-order chi connectivity index (χ0) is 27.4. The molecule has 3 heterocycles. The van der Waals surface area contributed by atoms with Crippen molar-refractivity contribution >= 4 is 34.4 Å². The van der Waals surface area contributed by atoms with E-state index < -0.39 is 23.2 Å². The standard InChI is InChI=1S/C25H30FN5O6S/c1-3-16-14-19-21(23(32)27-2)22(17-4-6-18(26)7-5-17)37-24(19)28-20(16)15-31(38(35)36)13-10-29-8-11-30(12-9-29)25(33)34/h4-7,14H,3,8-13,15H2,1-2H3,(H,27,32)(H,33,34)(H,35,36)/p-1. The number of hydrogen-bond donors (Lipinski definition) is 2. The second-order valence-electron chi connectivity index (χ2n) is 8.88. The molecule has 2 N–H and O–H groups in total. The van der Waals surface area contributed by atoms with Crippen LogP contribution in [-0.2, 0) is 24.2 Å². The maximum absolute atomic E-state index is 13.5. The number of carboxylic acid groups (broad SMARTS) is 1. The van der Waals surface area contributed by atoms with E-state index in [2.05, 4.69) is 10.3 Å². The molecule has 0 spiro atoms. The van der Waals surface area contributed by atoms with Crippen LogP contribution in [0.25, 0.3) is 22.4 Å². The molecule has 2 amide bonds. The highest BCUT2D eigenvalue weighted by Crippen LogP contribution is 2.34. The Morgan fingerprint density at radius 1 is 1.24 bits per heavy atom. The van der Waals surface area contributed by atoms with Gasteiger partial charge in [-0.3, -0.25) is 13.9 Å². The summed E-state index contributed by atoms with van der Waals surface area (Å²) in [5.41, 5.74) is 2.22. The van der Waals surface area contributed by atoms with Crippen molar-refractivity contribution < 1.29 is 32.3 Å². The van der Waals surface area contributed by atoms with Gasteiger partial charge in [-0.25, -0.2) is 18.5 Å². The van der Waals surface area contributed by atoms with Crippen molar-refractivity contribution in [3.63, 3.8) is 0 Å². The van der Waals surface area contributed by atoms with Gasteiger partial charge >= 0.3 is 6.09 Å². The molecule has 1 unspecified atom stereocenters. The fraction of sp³-hybridized carbons (Fsp3) is 0.400. The second kappa shape index (κ2) is 12.0. The molecule has 0 radical (unpaired) electrons. The Hall–Kier alpha value is -3.39. The summed E-state index contributed by atoms with van der Waals surface area (Å²) in [5, 5.41) is 12.2. The quantitative estimate of drug-likeness (QED) is 0.390. The number of nitrogens with zero attached hydrogens (tertiary/aromatic N) is 4. The number of carbonyl (C=O) groups is 2. The normalized spacial score (nSPS) is 15.2. The number of rotatable bonds is 9. The highest BCUT2D eigenvalue weighted by molar-refractivity contribution is 7.76. The van der Waals surface area contributed by atoms with Crippen molar-refractivity contribution in [2.75, 3.05) is 46.3 Å². The summed E-state index contributed by atoms with van der Waals surface area (Å²) in [6.45, 7) is 4.36. The number of fused-ring (bicyclic) bond motifs is 1. The van der Waals surface area contributed by atoms with Crippen molar-refractivity contribution in [2.24, 2.45) is 0 Å². The molecule has 0 saturated carbocycles. The number of furan rings is 1. The van der Waals surface area contributed by atoms with Crippen LogP contribution < -0.4 is 5.32 Å². The summed E-state index contributed by atoms with van der Waals surface area (Å²) in [5.74, 6) is -0.560. The summed E-state index contributed by atoms with van der Waals surface area (Å²) in [7, 11) is 1.50. The molecule has 0 bridgehead atoms. The second-order valence-corrected chi connectivity index (χ2v) is 9.84. The van der Waals surface area contributed by atoms with E-state index in [9.17, 15) is 22.7 Å². The van der Waals surface area contributed by atoms with Crippen LogP contribution in [0.5, 0.6) is 0 Å². The molecule has 4 rings (SSSR count). The summed E-state index contributed by atoms with van der Waals surface area (Å²) in [4.78, 5) is 31.9. The lowest BCUT2D eigenvalue weighted by Gasteiger charge is -2.34. The van der Waals surface area contributed by atoms with Crippen LogP contribution in [0.15, 0.2) is 34.7 Å². The number of aryl methyl sites for hydroxylation is 1. The van der Waals surface area contributed by atoms with Crippen LogP contribution >= 0.6 is 0 Å². The number of aromatic nitrogens is 1. The maximum Gasteiger partial charge on any atom is 0.407 e. The van der Waals surface area contributed by atoms with Gasteiger partial charge < -0.3 is 24.3 Å². The molecule has 2 aromatic heterocycles. The Kier molecular flexibility index (Phi) is 8.72. The molecule has 13 heteroatoms. The van der Waals surface area contributed by atoms with Gasteiger partial charge in [0.05, 0.1) is 23.2 Å². The zero-order valence-electron chi connectivity index (χ0n) is 21.1. The van der Waals surface area contributed by atoms with Crippen LogP contribution in [0.3, 0.4) is 0 Å². The predicted molar refractivity (Wildman–Crippen MR) is 138 cm³/mol. The van der Waals surface area contributed by atoms with Gasteiger partial charge in [-0.05, 0) is 42.3 Å². The third kappa shape index (κ3) is 6.01. The highest BCUT2D eigenvalue weighted by Gasteiger charge is 2.25. The number of pyridine rings is 1. The third-order valence-electron chi connectivity index (χ3n) is 6.64. The first-order valence-electron chi connectivity index (χ1n) is 12.2. The van der Waals surface area contributed by atoms with Crippen molar-refractivity contribution in [1.29, 1.82) is 0 Å². The molecule has 1 atom stereocenters. The first kappa shape index (κ1) is 27.6. The van der Waals surface area contributed by atoms with E-state index in [1.54, 1.807) is 6.07 Å². The van der Waals surface area contributed by atoms with Gasteiger partial charge in [0.2, 0.25) is 5.71 Å². The van der Waals surface area contributed by atoms with E-state index in [1.807, 2.05) is 11.8 Å². The maximum atomic E-state index is 13.5. The Bertz CT molecular complexity index is 1340. The zero-order valence-corrected chi connectivity index (χ0v) is 21.9. The molecule has 1 aliphatic rings. The summed E-state index contributed by atoms with van der Waals surface area (Å²) in [6, 6.07) is 7.36. The van der Waals surface area contributed by atoms with Crippen molar-refractivity contribution in [3.8, 4) is 11.3 Å². The van der Waals surface area contributed by atoms with Crippen LogP contribution in [0.4, 0.5) is 9.18 Å². The SMILES string of the molecule is CCc1cc2c(C(=O)NC)c(-c3ccc(F)cc3)oc2nc1CN(CCN1CCN(C(=O)O)CC1)S(=O)[O-]. The lowest BCUT2D eigenvalue weighted by molar-refractivity contribution is 0.0964. The van der Waals surface area contributed by atoms with E-state index in [0.717, 1.165) is 5.56 Å². The van der Waals surface area contributed by atoms with Gasteiger partial charge in [0.1, 0.15) is 11.6 Å². The molecule has 1 saturated heterocycles. The molecular formula is C25H29FN5O6S-. The van der Waals surface area contributed by atoms with Crippen molar-refractivity contribution in [2.45, 2.75) is 19.9 Å². The molecule has 1 fully saturated rings. The first-order valence-corrected chi connectivity index (χ1v) is 13.2. The van der Waals surface area contributed by atoms with Crippen LogP contribution in [0, 0.1) is 5.82 Å². The molecule has 1 aromatic carbocycles. The Balaban J connectivity index is 1.61. The minimum Gasteiger partial charge on any atom is -0.760 e. The summed E-state index contributed by atoms with van der Waals surface area (Å²) < 4.78 is 44.9. The number of hydrogen-bond acceptors (Lipinski definition) is 7. The van der Waals surface area contributed by atoms with E-state index in [-0.39, 0.29) is 36.0 Å². The smallest absolute Gasteiger partial charge is 0.407 e. The first-order chi connectivity index (χ1) is 18.2. The lowest BCUT2D eigenvalue weighted by atomic mass is 10.0. The Labute approximate surface area is 221 Å². The van der Waals surface area contributed by atoms with Gasteiger partial charge in [-0.1, -0.05) is 6.92 Å². The number of carbonyl (C=O) groups excluding carboxylic acids is 1. The highest BCUT2D eigenvalue weighted by atomic mass is 32.2. The number of amides is 2. The predicted octanol–water partition coefficient (Wildman–Crippen LogP) is 2.45. The van der Waals surface area contributed by atoms with E-state index >= 15 is 0 Å². The summed E-state index contributed by atoms with van der Waals surface area (Å²) in [6.07, 6.45) is -0.417.